The van der Waals surface area contributed by atoms with Gasteiger partial charge in [-0.2, -0.15) is 0 Å². The summed E-state index contributed by atoms with van der Waals surface area (Å²) >= 11 is 0. The zero-order chi connectivity index (χ0) is 29.6. The maximum absolute atomic E-state index is 13.5. The number of aliphatic hydroxyl groups excluding tert-OH is 1. The highest BCUT2D eigenvalue weighted by molar-refractivity contribution is 6.51. The number of esters is 1. The Labute approximate surface area is 243 Å². The van der Waals surface area contributed by atoms with E-state index in [1.165, 1.54) is 4.90 Å². The van der Waals surface area contributed by atoms with Gasteiger partial charge in [0.15, 0.2) is 0 Å². The minimum Gasteiger partial charge on any atom is -0.507 e. The van der Waals surface area contributed by atoms with E-state index in [0.29, 0.717) is 34.9 Å². The van der Waals surface area contributed by atoms with Gasteiger partial charge in [-0.15, -0.1) is 0 Å². The van der Waals surface area contributed by atoms with Crippen LogP contribution in [-0.4, -0.2) is 34.4 Å². The van der Waals surface area contributed by atoms with Gasteiger partial charge in [0.25, 0.3) is 11.7 Å². The molecule has 5 rings (SSSR count). The van der Waals surface area contributed by atoms with Gasteiger partial charge in [0, 0.05) is 17.4 Å². The highest BCUT2D eigenvalue weighted by atomic mass is 16.5. The number of benzene rings is 3. The molecule has 0 aliphatic carbocycles. The number of aryl methyl sites for hydroxylation is 1. The van der Waals surface area contributed by atoms with Crippen LogP contribution in [0.1, 0.15) is 40.9 Å². The van der Waals surface area contributed by atoms with Gasteiger partial charge in [-0.1, -0.05) is 48.5 Å². The fourth-order valence-electron chi connectivity index (χ4n) is 4.92. The molecule has 1 atom stereocenters. The van der Waals surface area contributed by atoms with Crippen LogP contribution in [0.25, 0.3) is 5.76 Å². The highest BCUT2D eigenvalue weighted by Crippen LogP contribution is 2.41. The summed E-state index contributed by atoms with van der Waals surface area (Å²) in [7, 11) is 0. The Hall–Kier alpha value is -5.24. The monoisotopic (exact) mass is 562 g/mol. The largest absolute Gasteiger partial charge is 0.507 e. The number of hydrogen-bond acceptors (Lipinski definition) is 7. The molecule has 42 heavy (non-hydrogen) atoms. The number of rotatable bonds is 9. The first-order chi connectivity index (χ1) is 20.4. The fourth-order valence-corrected chi connectivity index (χ4v) is 4.92. The average Bonchev–Trinajstić information content (AvgIpc) is 3.27. The van der Waals surface area contributed by atoms with Crippen LogP contribution in [0.15, 0.2) is 103 Å². The van der Waals surface area contributed by atoms with Gasteiger partial charge in [-0.05, 0) is 73.0 Å². The van der Waals surface area contributed by atoms with E-state index in [0.717, 1.165) is 11.1 Å². The van der Waals surface area contributed by atoms with Crippen molar-refractivity contribution in [2.45, 2.75) is 32.9 Å². The van der Waals surface area contributed by atoms with Crippen molar-refractivity contribution >= 4 is 29.1 Å². The van der Waals surface area contributed by atoms with Crippen LogP contribution in [0.3, 0.4) is 0 Å². The van der Waals surface area contributed by atoms with Gasteiger partial charge < -0.3 is 14.6 Å². The molecule has 1 aliphatic rings. The van der Waals surface area contributed by atoms with Gasteiger partial charge in [0.2, 0.25) is 0 Å². The molecule has 4 aromatic rings. The van der Waals surface area contributed by atoms with E-state index < -0.39 is 17.7 Å². The summed E-state index contributed by atoms with van der Waals surface area (Å²) in [5, 5.41) is 11.5. The molecule has 0 spiro atoms. The summed E-state index contributed by atoms with van der Waals surface area (Å²) < 4.78 is 11.0. The molecule has 3 aromatic carbocycles. The number of amides is 1. The minimum atomic E-state index is -0.962. The SMILES string of the molecule is CCOC(=O)Cc1ccc(N2C(=O)C(=O)/C(=C(\O)c3ccc(OCc4ccccc4)c(C)c3)C2c2ccccn2)cc1. The summed E-state index contributed by atoms with van der Waals surface area (Å²) in [4.78, 5) is 44.5. The van der Waals surface area contributed by atoms with Crippen LogP contribution in [0, 0.1) is 6.92 Å². The predicted molar refractivity (Wildman–Crippen MR) is 158 cm³/mol. The lowest BCUT2D eigenvalue weighted by molar-refractivity contribution is -0.142. The third kappa shape index (κ3) is 5.93. The summed E-state index contributed by atoms with van der Waals surface area (Å²) in [5.41, 5.74) is 3.65. The van der Waals surface area contributed by atoms with E-state index in [9.17, 15) is 19.5 Å². The van der Waals surface area contributed by atoms with Gasteiger partial charge in [-0.25, -0.2) is 0 Å². The average molecular weight is 563 g/mol. The molecule has 1 N–H and O–H groups in total. The molecule has 1 aromatic heterocycles. The van der Waals surface area contributed by atoms with Crippen molar-refractivity contribution in [3.8, 4) is 5.75 Å². The van der Waals surface area contributed by atoms with Crippen LogP contribution in [-0.2, 0) is 32.1 Å². The normalized spacial score (nSPS) is 16.0. The number of ketones is 1. The molecule has 0 bridgehead atoms. The van der Waals surface area contributed by atoms with Crippen molar-refractivity contribution in [1.29, 1.82) is 0 Å². The van der Waals surface area contributed by atoms with E-state index in [-0.39, 0.29) is 30.3 Å². The molecule has 8 nitrogen and oxygen atoms in total. The quantitative estimate of drug-likeness (QED) is 0.121. The number of hydrogen-bond donors (Lipinski definition) is 1. The Kier molecular flexibility index (Phi) is 8.43. The number of ether oxygens (including phenoxy) is 2. The van der Waals surface area contributed by atoms with Gasteiger partial charge in [0.1, 0.15) is 24.2 Å². The maximum atomic E-state index is 13.5. The molecule has 1 saturated heterocycles. The van der Waals surface area contributed by atoms with Crippen molar-refractivity contribution < 1.29 is 29.0 Å². The summed E-state index contributed by atoms with van der Waals surface area (Å²) in [6, 6.07) is 25.9. The summed E-state index contributed by atoms with van der Waals surface area (Å²) in [6.07, 6.45) is 1.65. The molecule has 8 heteroatoms. The second kappa shape index (κ2) is 12.5. The predicted octanol–water partition coefficient (Wildman–Crippen LogP) is 5.70. The Bertz CT molecular complexity index is 1630. The maximum Gasteiger partial charge on any atom is 0.310 e. The lowest BCUT2D eigenvalue weighted by Gasteiger charge is -2.24. The highest BCUT2D eigenvalue weighted by Gasteiger charge is 2.47. The number of carbonyl (C=O) groups is 3. The molecule has 1 amide bonds. The molecule has 2 heterocycles. The molecule has 0 radical (unpaired) electrons. The molecular weight excluding hydrogens is 532 g/mol. The zero-order valence-electron chi connectivity index (χ0n) is 23.3. The van der Waals surface area contributed by atoms with Crippen LogP contribution in [0.5, 0.6) is 5.75 Å². The van der Waals surface area contributed by atoms with Gasteiger partial charge in [-0.3, -0.25) is 24.3 Å². The first-order valence-electron chi connectivity index (χ1n) is 13.6. The third-order valence-electron chi connectivity index (χ3n) is 6.97. The van der Waals surface area contributed by atoms with Crippen LogP contribution >= 0.6 is 0 Å². The van der Waals surface area contributed by atoms with Crippen molar-refractivity contribution in [3.05, 3.63) is 131 Å². The van der Waals surface area contributed by atoms with E-state index >= 15 is 0 Å². The number of aliphatic hydroxyl groups is 1. The molecule has 212 valence electrons. The zero-order valence-corrected chi connectivity index (χ0v) is 23.3. The minimum absolute atomic E-state index is 0.0633. The molecule has 1 unspecified atom stereocenters. The number of nitrogens with zero attached hydrogens (tertiary/aromatic N) is 2. The van der Waals surface area contributed by atoms with Crippen molar-refractivity contribution in [1.82, 2.24) is 4.98 Å². The Morgan fingerprint density at radius 1 is 0.929 bits per heavy atom. The second-order valence-corrected chi connectivity index (χ2v) is 9.83. The molecule has 1 aliphatic heterocycles. The number of carbonyl (C=O) groups excluding carboxylic acids is 3. The summed E-state index contributed by atoms with van der Waals surface area (Å²) in [5.74, 6) is -1.63. The first kappa shape index (κ1) is 28.3. The van der Waals surface area contributed by atoms with Crippen molar-refractivity contribution in [2.75, 3.05) is 11.5 Å². The summed E-state index contributed by atoms with van der Waals surface area (Å²) in [6.45, 7) is 4.26. The van der Waals surface area contributed by atoms with E-state index in [1.54, 1.807) is 73.8 Å². The lowest BCUT2D eigenvalue weighted by Crippen LogP contribution is -2.29. The van der Waals surface area contributed by atoms with E-state index in [2.05, 4.69) is 4.98 Å². The first-order valence-corrected chi connectivity index (χ1v) is 13.6. The van der Waals surface area contributed by atoms with Crippen LogP contribution in [0.2, 0.25) is 0 Å². The number of anilines is 1. The molecule has 1 fully saturated rings. The topological polar surface area (TPSA) is 106 Å². The molecule has 0 saturated carbocycles. The van der Waals surface area contributed by atoms with Crippen molar-refractivity contribution in [3.63, 3.8) is 0 Å². The third-order valence-corrected chi connectivity index (χ3v) is 6.97. The standard InChI is InChI=1S/C34H30N2O6/c1-3-41-29(37)20-23-12-15-26(16-13-23)36-31(27-11-7-8-18-35-27)30(33(39)34(36)40)32(38)25-14-17-28(22(2)19-25)42-21-24-9-5-4-6-10-24/h4-19,31,38H,3,20-21H2,1-2H3/b32-30-. The van der Waals surface area contributed by atoms with E-state index in [4.69, 9.17) is 9.47 Å². The number of aromatic nitrogens is 1. The Morgan fingerprint density at radius 3 is 2.33 bits per heavy atom. The van der Waals surface area contributed by atoms with E-state index in [1.807, 2.05) is 37.3 Å². The molecular formula is C34H30N2O6. The Morgan fingerprint density at radius 2 is 1.67 bits per heavy atom. The van der Waals surface area contributed by atoms with Crippen molar-refractivity contribution in [2.24, 2.45) is 0 Å². The Balaban J connectivity index is 1.49. The van der Waals surface area contributed by atoms with Crippen LogP contribution in [0.4, 0.5) is 5.69 Å². The van der Waals surface area contributed by atoms with Gasteiger partial charge >= 0.3 is 5.97 Å². The number of Topliss-reactive ketones (excluding diaryl/α,β-unsaturated/α-hetero) is 1. The smallest absolute Gasteiger partial charge is 0.310 e. The second-order valence-electron chi connectivity index (χ2n) is 9.83. The van der Waals surface area contributed by atoms with Gasteiger partial charge in [0.05, 0.1) is 24.3 Å². The lowest BCUT2D eigenvalue weighted by atomic mass is 9.97. The fraction of sp³-hybridized carbons (Fsp3) is 0.176. The van der Waals surface area contributed by atoms with Crippen LogP contribution < -0.4 is 9.64 Å². The number of pyridine rings is 1.